The second-order valence-corrected chi connectivity index (χ2v) is 4.29. The molecule has 18 heavy (non-hydrogen) atoms. The van der Waals surface area contributed by atoms with Gasteiger partial charge in [-0.2, -0.15) is 4.98 Å². The first kappa shape index (κ1) is 12.6. The molecule has 0 aliphatic heterocycles. The molecular weight excluding hydrogens is 232 g/mol. The van der Waals surface area contributed by atoms with Crippen molar-refractivity contribution in [3.05, 3.63) is 29.6 Å². The number of hydrogen-bond acceptors (Lipinski definition) is 5. The molecule has 1 heterocycles. The van der Waals surface area contributed by atoms with Gasteiger partial charge in [-0.15, -0.1) is 0 Å². The maximum absolute atomic E-state index is 9.77. The van der Waals surface area contributed by atoms with Gasteiger partial charge < -0.3 is 14.4 Å². The van der Waals surface area contributed by atoms with Crippen molar-refractivity contribution in [3.63, 3.8) is 0 Å². The predicted molar refractivity (Wildman–Crippen MR) is 66.3 cm³/mol. The predicted octanol–water partition coefficient (Wildman–Crippen LogP) is 2.33. The molecule has 5 heteroatoms. The molecule has 0 aliphatic rings. The van der Waals surface area contributed by atoms with E-state index < -0.39 is 0 Å². The monoisotopic (exact) mass is 248 g/mol. The second kappa shape index (κ2) is 5.18. The highest BCUT2D eigenvalue weighted by Gasteiger charge is 2.14. The quantitative estimate of drug-likeness (QED) is 0.899. The van der Waals surface area contributed by atoms with Crippen molar-refractivity contribution in [2.75, 3.05) is 7.11 Å². The van der Waals surface area contributed by atoms with Gasteiger partial charge in [0, 0.05) is 13.5 Å². The van der Waals surface area contributed by atoms with Gasteiger partial charge >= 0.3 is 0 Å². The van der Waals surface area contributed by atoms with Gasteiger partial charge in [-0.25, -0.2) is 0 Å². The van der Waals surface area contributed by atoms with Crippen LogP contribution in [0.2, 0.25) is 0 Å². The van der Waals surface area contributed by atoms with Crippen LogP contribution in [0.4, 0.5) is 0 Å². The van der Waals surface area contributed by atoms with Crippen LogP contribution in [0.1, 0.15) is 18.3 Å². The van der Waals surface area contributed by atoms with Gasteiger partial charge in [-0.1, -0.05) is 16.8 Å². The molecule has 0 saturated heterocycles. The van der Waals surface area contributed by atoms with E-state index in [2.05, 4.69) is 10.1 Å². The Morgan fingerprint density at radius 2 is 2.22 bits per heavy atom. The molecule has 1 unspecified atom stereocenters. The summed E-state index contributed by atoms with van der Waals surface area (Å²) in [7, 11) is 1.64. The SMILES string of the molecule is COC(C)Cc1noc(-c2cc(C)ccc2O)n1. The second-order valence-electron chi connectivity index (χ2n) is 4.29. The van der Waals surface area contributed by atoms with Crippen molar-refractivity contribution in [2.24, 2.45) is 0 Å². The summed E-state index contributed by atoms with van der Waals surface area (Å²) in [6, 6.07) is 5.25. The molecule has 2 aromatic rings. The molecule has 1 aromatic heterocycles. The Morgan fingerprint density at radius 3 is 2.94 bits per heavy atom. The van der Waals surface area contributed by atoms with Gasteiger partial charge in [0.15, 0.2) is 5.82 Å². The Morgan fingerprint density at radius 1 is 1.44 bits per heavy atom. The number of rotatable bonds is 4. The molecule has 1 aromatic carbocycles. The number of aryl methyl sites for hydroxylation is 1. The summed E-state index contributed by atoms with van der Waals surface area (Å²) < 4.78 is 10.3. The molecule has 1 N–H and O–H groups in total. The lowest BCUT2D eigenvalue weighted by molar-refractivity contribution is 0.116. The molecule has 0 saturated carbocycles. The van der Waals surface area contributed by atoms with Crippen molar-refractivity contribution in [1.29, 1.82) is 0 Å². The van der Waals surface area contributed by atoms with E-state index in [9.17, 15) is 5.11 Å². The van der Waals surface area contributed by atoms with Crippen LogP contribution in [-0.4, -0.2) is 28.5 Å². The molecule has 96 valence electrons. The molecule has 0 fully saturated rings. The van der Waals surface area contributed by atoms with Gasteiger partial charge in [0.25, 0.3) is 5.89 Å². The third-order valence-electron chi connectivity index (χ3n) is 2.72. The van der Waals surface area contributed by atoms with Gasteiger partial charge in [-0.05, 0) is 26.0 Å². The van der Waals surface area contributed by atoms with Gasteiger partial charge in [0.2, 0.25) is 0 Å². The molecule has 5 nitrogen and oxygen atoms in total. The lowest BCUT2D eigenvalue weighted by Gasteiger charge is -2.04. The molecule has 0 radical (unpaired) electrons. The van der Waals surface area contributed by atoms with Crippen molar-refractivity contribution in [3.8, 4) is 17.2 Å². The van der Waals surface area contributed by atoms with Crippen molar-refractivity contribution < 1.29 is 14.4 Å². The lowest BCUT2D eigenvalue weighted by atomic mass is 10.1. The highest BCUT2D eigenvalue weighted by atomic mass is 16.5. The van der Waals surface area contributed by atoms with E-state index in [4.69, 9.17) is 9.26 Å². The minimum Gasteiger partial charge on any atom is -0.507 e. The minimum absolute atomic E-state index is 0.0292. The topological polar surface area (TPSA) is 68.4 Å². The average Bonchev–Trinajstić information content (AvgIpc) is 2.80. The van der Waals surface area contributed by atoms with E-state index in [-0.39, 0.29) is 11.9 Å². The molecule has 0 aliphatic carbocycles. The van der Waals surface area contributed by atoms with Gasteiger partial charge in [0.05, 0.1) is 11.7 Å². The Kier molecular flexibility index (Phi) is 3.62. The summed E-state index contributed by atoms with van der Waals surface area (Å²) in [6.07, 6.45) is 0.605. The highest BCUT2D eigenvalue weighted by molar-refractivity contribution is 5.62. The van der Waals surface area contributed by atoms with Gasteiger partial charge in [0.1, 0.15) is 5.75 Å². The summed E-state index contributed by atoms with van der Waals surface area (Å²) in [6.45, 7) is 3.87. The first-order chi connectivity index (χ1) is 8.60. The highest BCUT2D eigenvalue weighted by Crippen LogP contribution is 2.28. The Bertz CT molecular complexity index is 537. The number of ether oxygens (including phenoxy) is 1. The van der Waals surface area contributed by atoms with E-state index in [1.165, 1.54) is 0 Å². The van der Waals surface area contributed by atoms with Crippen LogP contribution in [-0.2, 0) is 11.2 Å². The first-order valence-electron chi connectivity index (χ1n) is 5.75. The number of aromatic hydroxyl groups is 1. The van der Waals surface area contributed by atoms with Crippen LogP contribution in [0.15, 0.2) is 22.7 Å². The third-order valence-corrected chi connectivity index (χ3v) is 2.72. The fourth-order valence-electron chi connectivity index (χ4n) is 1.61. The standard InChI is InChI=1S/C13H16N2O3/c1-8-4-5-11(16)10(6-8)13-14-12(15-18-13)7-9(2)17-3/h4-6,9,16H,7H2,1-3H3. The average molecular weight is 248 g/mol. The van der Waals surface area contributed by atoms with Crippen molar-refractivity contribution >= 4 is 0 Å². The van der Waals surface area contributed by atoms with Gasteiger partial charge in [-0.3, -0.25) is 0 Å². The maximum atomic E-state index is 9.77. The number of aromatic nitrogens is 2. The molecule has 2 rings (SSSR count). The minimum atomic E-state index is 0.0292. The largest absolute Gasteiger partial charge is 0.507 e. The van der Waals surface area contributed by atoms with Crippen LogP contribution < -0.4 is 0 Å². The Balaban J connectivity index is 2.26. The van der Waals surface area contributed by atoms with Crippen molar-refractivity contribution in [2.45, 2.75) is 26.4 Å². The van der Waals surface area contributed by atoms with Crippen molar-refractivity contribution in [1.82, 2.24) is 10.1 Å². The fourth-order valence-corrected chi connectivity index (χ4v) is 1.61. The van der Waals surface area contributed by atoms with Crippen LogP contribution in [0, 0.1) is 6.92 Å². The summed E-state index contributed by atoms with van der Waals surface area (Å²) in [4.78, 5) is 4.25. The van der Waals surface area contributed by atoms with Crippen LogP contribution in [0.25, 0.3) is 11.5 Å². The molecular formula is C13H16N2O3. The third kappa shape index (κ3) is 2.68. The number of benzene rings is 1. The number of hydrogen-bond donors (Lipinski definition) is 1. The van der Waals surface area contributed by atoms with E-state index >= 15 is 0 Å². The van der Waals surface area contributed by atoms with E-state index in [0.29, 0.717) is 23.7 Å². The zero-order valence-corrected chi connectivity index (χ0v) is 10.7. The Labute approximate surface area is 105 Å². The van der Waals surface area contributed by atoms with Crippen LogP contribution in [0.3, 0.4) is 0 Å². The molecule has 1 atom stereocenters. The number of methoxy groups -OCH3 is 1. The fraction of sp³-hybridized carbons (Fsp3) is 0.385. The zero-order chi connectivity index (χ0) is 13.1. The molecule has 0 spiro atoms. The number of nitrogens with zero attached hydrogens (tertiary/aromatic N) is 2. The molecule has 0 bridgehead atoms. The first-order valence-corrected chi connectivity index (χ1v) is 5.75. The molecule has 0 amide bonds. The van der Waals surface area contributed by atoms with Crippen LogP contribution >= 0.6 is 0 Å². The number of phenolic OH excluding ortho intramolecular Hbond substituents is 1. The summed E-state index contributed by atoms with van der Waals surface area (Å²) in [5, 5.41) is 13.6. The van der Waals surface area contributed by atoms with Crippen LogP contribution in [0.5, 0.6) is 5.75 Å². The van der Waals surface area contributed by atoms with E-state index in [1.54, 1.807) is 13.2 Å². The number of phenols is 1. The maximum Gasteiger partial charge on any atom is 0.261 e. The smallest absolute Gasteiger partial charge is 0.261 e. The summed E-state index contributed by atoms with van der Waals surface area (Å²) in [5.41, 5.74) is 1.58. The zero-order valence-electron chi connectivity index (χ0n) is 10.7. The summed E-state index contributed by atoms with van der Waals surface area (Å²) >= 11 is 0. The van der Waals surface area contributed by atoms with E-state index in [0.717, 1.165) is 5.56 Å². The lowest BCUT2D eigenvalue weighted by Crippen LogP contribution is -2.09. The normalized spacial score (nSPS) is 12.6. The van der Waals surface area contributed by atoms with E-state index in [1.807, 2.05) is 26.0 Å². The Hall–Kier alpha value is -1.88. The summed E-state index contributed by atoms with van der Waals surface area (Å²) in [5.74, 6) is 1.03.